The SMILES string of the molecule is CC1(C)O[C@@H]2C(O[Si](c3ccccc3)(c3ccccc3)C(C)(C)C)[C@H]3OC(C)(C)O[C@H]3C(OCc3ccccc3)[C@H]2O1. The van der Waals surface area contributed by atoms with Gasteiger partial charge in [-0.1, -0.05) is 112 Å². The molecule has 6 nitrogen and oxygen atoms in total. The summed E-state index contributed by atoms with van der Waals surface area (Å²) < 4.78 is 41.0. The molecule has 0 bridgehead atoms. The minimum atomic E-state index is -2.95. The summed E-state index contributed by atoms with van der Waals surface area (Å²) in [6, 6.07) is 31.6. The molecular formula is C35H44O6Si. The van der Waals surface area contributed by atoms with E-state index in [2.05, 4.69) is 93.6 Å². The maximum absolute atomic E-state index is 7.71. The average Bonchev–Trinajstić information content (AvgIpc) is 3.45. The van der Waals surface area contributed by atoms with Gasteiger partial charge in [-0.15, -0.1) is 0 Å². The van der Waals surface area contributed by atoms with Crippen molar-refractivity contribution in [3.8, 4) is 0 Å². The van der Waals surface area contributed by atoms with Crippen LogP contribution < -0.4 is 10.4 Å². The van der Waals surface area contributed by atoms with Gasteiger partial charge in [-0.3, -0.25) is 0 Å². The van der Waals surface area contributed by atoms with E-state index < -0.39 is 56.5 Å². The Morgan fingerprint density at radius 2 is 0.976 bits per heavy atom. The lowest BCUT2D eigenvalue weighted by Gasteiger charge is -2.50. The quantitative estimate of drug-likeness (QED) is 0.337. The van der Waals surface area contributed by atoms with Gasteiger partial charge in [-0.2, -0.15) is 0 Å². The summed E-state index contributed by atoms with van der Waals surface area (Å²) >= 11 is 0. The molecule has 3 aromatic carbocycles. The third kappa shape index (κ3) is 5.41. The van der Waals surface area contributed by atoms with Crippen molar-refractivity contribution >= 4 is 18.7 Å². The molecule has 7 heteroatoms. The van der Waals surface area contributed by atoms with Crippen molar-refractivity contribution in [2.24, 2.45) is 0 Å². The highest BCUT2D eigenvalue weighted by Gasteiger charge is 2.66. The normalized spacial score (nSPS) is 30.1. The monoisotopic (exact) mass is 588 g/mol. The van der Waals surface area contributed by atoms with E-state index in [1.165, 1.54) is 10.4 Å². The van der Waals surface area contributed by atoms with Crippen LogP contribution in [0.25, 0.3) is 0 Å². The lowest BCUT2D eigenvalue weighted by atomic mass is 9.85. The summed E-state index contributed by atoms with van der Waals surface area (Å²) in [4.78, 5) is 0. The smallest absolute Gasteiger partial charge is 0.261 e. The topological polar surface area (TPSA) is 55.4 Å². The first-order chi connectivity index (χ1) is 19.9. The molecule has 0 aromatic heterocycles. The first-order valence-corrected chi connectivity index (χ1v) is 17.0. The van der Waals surface area contributed by atoms with Crippen LogP contribution in [0.2, 0.25) is 5.04 Å². The maximum atomic E-state index is 7.71. The van der Waals surface area contributed by atoms with E-state index in [9.17, 15) is 0 Å². The van der Waals surface area contributed by atoms with Crippen LogP contribution in [0.5, 0.6) is 0 Å². The van der Waals surface area contributed by atoms with Crippen LogP contribution in [-0.4, -0.2) is 56.5 Å². The van der Waals surface area contributed by atoms with Gasteiger partial charge in [-0.25, -0.2) is 0 Å². The molecule has 1 aliphatic carbocycles. The van der Waals surface area contributed by atoms with E-state index >= 15 is 0 Å². The summed E-state index contributed by atoms with van der Waals surface area (Å²) in [5.41, 5.74) is 1.09. The number of rotatable bonds is 7. The summed E-state index contributed by atoms with van der Waals surface area (Å²) in [5, 5.41) is 2.19. The predicted octanol–water partition coefficient (Wildman–Crippen LogP) is 5.57. The Kier molecular flexibility index (Phi) is 7.76. The summed E-state index contributed by atoms with van der Waals surface area (Å²) in [5.74, 6) is -1.63. The van der Waals surface area contributed by atoms with E-state index in [1.54, 1.807) is 0 Å². The second-order valence-corrected chi connectivity index (χ2v) is 17.9. The van der Waals surface area contributed by atoms with Gasteiger partial charge in [-0.05, 0) is 48.7 Å². The second kappa shape index (κ2) is 11.0. The van der Waals surface area contributed by atoms with E-state index in [4.69, 9.17) is 28.1 Å². The molecule has 1 saturated carbocycles. The molecule has 0 spiro atoms. The van der Waals surface area contributed by atoms with Gasteiger partial charge >= 0.3 is 0 Å². The molecule has 3 aromatic rings. The minimum absolute atomic E-state index is 0.217. The van der Waals surface area contributed by atoms with Gasteiger partial charge < -0.3 is 28.1 Å². The Bertz CT molecular complexity index is 1270. The summed E-state index contributed by atoms with van der Waals surface area (Å²) in [6.45, 7) is 15.1. The molecule has 3 fully saturated rings. The molecule has 6 atom stereocenters. The van der Waals surface area contributed by atoms with Gasteiger partial charge in [0.15, 0.2) is 11.6 Å². The number of benzene rings is 3. The molecule has 2 heterocycles. The van der Waals surface area contributed by atoms with Crippen molar-refractivity contribution in [1.29, 1.82) is 0 Å². The van der Waals surface area contributed by atoms with Crippen molar-refractivity contribution in [2.45, 2.75) is 108 Å². The fraction of sp³-hybridized carbons (Fsp3) is 0.486. The van der Waals surface area contributed by atoms with E-state index in [-0.39, 0.29) is 5.04 Å². The van der Waals surface area contributed by atoms with Crippen molar-refractivity contribution < 1.29 is 28.1 Å². The van der Waals surface area contributed by atoms with Crippen LogP contribution in [0.4, 0.5) is 0 Å². The first kappa shape index (κ1) is 29.7. The highest BCUT2D eigenvalue weighted by molar-refractivity contribution is 6.99. The zero-order valence-corrected chi connectivity index (χ0v) is 26.8. The van der Waals surface area contributed by atoms with E-state index in [0.717, 1.165) is 5.56 Å². The van der Waals surface area contributed by atoms with Crippen LogP contribution in [-0.2, 0) is 34.7 Å². The van der Waals surface area contributed by atoms with Crippen molar-refractivity contribution in [3.63, 3.8) is 0 Å². The standard InChI is InChI=1S/C35H44O6Si/c1-33(2,3)42(25-19-13-9-14-20-25,26-21-15-10-16-22-26)41-32-30-28(37-34(4,5)39-30)27(29-31(32)40-35(6,7)38-29)36-23-24-17-11-8-12-18-24/h8-22,27-32H,23H2,1-7H3/t27?,28-,29+,30-,31-,32?/m0/s1. The van der Waals surface area contributed by atoms with Crippen molar-refractivity contribution in [2.75, 3.05) is 0 Å². The predicted molar refractivity (Wildman–Crippen MR) is 165 cm³/mol. The van der Waals surface area contributed by atoms with Gasteiger partial charge in [0, 0.05) is 0 Å². The molecule has 42 heavy (non-hydrogen) atoms. The third-order valence-electron chi connectivity index (χ3n) is 8.64. The van der Waals surface area contributed by atoms with E-state index in [1.807, 2.05) is 45.9 Å². The van der Waals surface area contributed by atoms with Crippen molar-refractivity contribution in [3.05, 3.63) is 96.6 Å². The Morgan fingerprint density at radius 1 is 0.595 bits per heavy atom. The van der Waals surface area contributed by atoms with Crippen LogP contribution in [0, 0.1) is 0 Å². The molecular weight excluding hydrogens is 544 g/mol. The van der Waals surface area contributed by atoms with Crippen LogP contribution in [0.1, 0.15) is 54.0 Å². The fourth-order valence-electron chi connectivity index (χ4n) is 7.01. The number of fused-ring (bicyclic) bond motifs is 2. The molecule has 224 valence electrons. The largest absolute Gasteiger partial charge is 0.399 e. The maximum Gasteiger partial charge on any atom is 0.261 e. The molecule has 0 amide bonds. The highest BCUT2D eigenvalue weighted by atomic mass is 28.4. The summed E-state index contributed by atoms with van der Waals surface area (Å²) in [6.07, 6.45) is -2.48. The number of ether oxygens (including phenoxy) is 5. The molecule has 3 aliphatic rings. The fourth-order valence-corrected chi connectivity index (χ4v) is 11.7. The Balaban J connectivity index is 1.45. The van der Waals surface area contributed by atoms with Gasteiger partial charge in [0.1, 0.15) is 36.6 Å². The zero-order chi connectivity index (χ0) is 29.8. The number of hydrogen-bond acceptors (Lipinski definition) is 6. The Hall–Kier alpha value is -2.36. The molecule has 2 aliphatic heterocycles. The highest BCUT2D eigenvalue weighted by Crippen LogP contribution is 2.49. The molecule has 2 saturated heterocycles. The Morgan fingerprint density at radius 3 is 1.38 bits per heavy atom. The lowest BCUT2D eigenvalue weighted by Crippen LogP contribution is -2.72. The van der Waals surface area contributed by atoms with Gasteiger partial charge in [0.05, 0.1) is 6.61 Å². The minimum Gasteiger partial charge on any atom is -0.399 e. The third-order valence-corrected chi connectivity index (χ3v) is 13.7. The summed E-state index contributed by atoms with van der Waals surface area (Å²) in [7, 11) is -2.95. The van der Waals surface area contributed by atoms with Crippen LogP contribution in [0.3, 0.4) is 0 Å². The molecule has 2 unspecified atom stereocenters. The van der Waals surface area contributed by atoms with Crippen molar-refractivity contribution in [1.82, 2.24) is 0 Å². The first-order valence-electron chi connectivity index (χ1n) is 15.1. The van der Waals surface area contributed by atoms with E-state index in [0.29, 0.717) is 6.61 Å². The Labute approximate surface area is 251 Å². The zero-order valence-electron chi connectivity index (χ0n) is 25.8. The van der Waals surface area contributed by atoms with Crippen LogP contribution in [0.15, 0.2) is 91.0 Å². The average molecular weight is 589 g/mol. The lowest BCUT2D eigenvalue weighted by molar-refractivity contribution is -0.190. The van der Waals surface area contributed by atoms with Crippen LogP contribution >= 0.6 is 0 Å². The number of hydrogen-bond donors (Lipinski definition) is 0. The van der Waals surface area contributed by atoms with Gasteiger partial charge in [0.2, 0.25) is 0 Å². The molecule has 6 rings (SSSR count). The van der Waals surface area contributed by atoms with Gasteiger partial charge in [0.25, 0.3) is 8.32 Å². The molecule has 0 N–H and O–H groups in total. The second-order valence-electron chi connectivity index (χ2n) is 13.6. The molecule has 0 radical (unpaired) electrons.